The minimum Gasteiger partial charge on any atom is -0.461 e. The largest absolute Gasteiger partial charge is 0.461 e. The number of alkyl halides is 1. The molecule has 2 aromatic heterocycles. The van der Waals surface area contributed by atoms with Gasteiger partial charge in [0.1, 0.15) is 30.6 Å². The van der Waals surface area contributed by atoms with Crippen LogP contribution in [0.25, 0.3) is 11.2 Å². The van der Waals surface area contributed by atoms with Gasteiger partial charge in [0.05, 0.1) is 12.9 Å². The average molecular weight is 627 g/mol. The molecule has 0 aliphatic heterocycles. The van der Waals surface area contributed by atoms with Crippen molar-refractivity contribution in [2.45, 2.75) is 76.3 Å². The standard InChI is InChI=1S/C26H36FN6O9P/c1-16(24(37)40-18-9-5-3-6-10-18)32-43(38,42-19-11-7-4-8-12-19)39-14-26(27,17(2)35)41-20(13-34)33-15-29-21-22(33)30-25(28)31-23(21)36/h4,7-8,11-12,15-18,20,34-35H,3,5-6,9-10,13-14H2,1-2H3,(H,32,38)(H3,28,30,31,36)/t16?,17-,20+,26+,43?/m0/s1. The molecule has 2 heterocycles. The molecule has 17 heteroatoms. The molecule has 1 saturated carbocycles. The number of aliphatic hydroxyl groups is 2. The van der Waals surface area contributed by atoms with Crippen LogP contribution in [0.5, 0.6) is 5.75 Å². The Balaban J connectivity index is 1.54. The highest BCUT2D eigenvalue weighted by atomic mass is 31.2. The molecule has 2 unspecified atom stereocenters. The molecule has 0 radical (unpaired) electrons. The second kappa shape index (κ2) is 13.9. The number of aromatic nitrogens is 4. The van der Waals surface area contributed by atoms with E-state index in [0.29, 0.717) is 0 Å². The number of H-pyrrole nitrogens is 1. The number of nitrogens with zero attached hydrogens (tertiary/aromatic N) is 3. The Kier molecular flexibility index (Phi) is 10.5. The molecule has 43 heavy (non-hydrogen) atoms. The number of hydrogen-bond donors (Lipinski definition) is 5. The predicted molar refractivity (Wildman–Crippen MR) is 151 cm³/mol. The Bertz CT molecular complexity index is 1480. The van der Waals surface area contributed by atoms with Gasteiger partial charge in [0, 0.05) is 0 Å². The number of hydrogen-bond acceptors (Lipinski definition) is 12. The lowest BCUT2D eigenvalue weighted by molar-refractivity contribution is -0.263. The third kappa shape index (κ3) is 8.16. The van der Waals surface area contributed by atoms with Crippen molar-refractivity contribution in [3.05, 3.63) is 47.0 Å². The summed E-state index contributed by atoms with van der Waals surface area (Å²) in [6.07, 6.45) is 1.67. The Morgan fingerprint density at radius 3 is 2.63 bits per heavy atom. The molecule has 1 fully saturated rings. The third-order valence-electron chi connectivity index (χ3n) is 6.81. The van der Waals surface area contributed by atoms with Gasteiger partial charge in [-0.2, -0.15) is 10.1 Å². The minimum absolute atomic E-state index is 0.0839. The van der Waals surface area contributed by atoms with Crippen LogP contribution in [-0.2, 0) is 23.4 Å². The summed E-state index contributed by atoms with van der Waals surface area (Å²) in [7, 11) is -4.54. The van der Waals surface area contributed by atoms with Crippen LogP contribution in [0.15, 0.2) is 41.5 Å². The molecule has 4 rings (SSSR count). The van der Waals surface area contributed by atoms with Gasteiger partial charge in [0.15, 0.2) is 17.4 Å². The summed E-state index contributed by atoms with van der Waals surface area (Å²) in [5, 5.41) is 22.9. The average Bonchev–Trinajstić information content (AvgIpc) is 3.40. The summed E-state index contributed by atoms with van der Waals surface area (Å²) in [6.45, 7) is 0.394. The third-order valence-corrected chi connectivity index (χ3v) is 8.44. The van der Waals surface area contributed by atoms with E-state index >= 15 is 4.39 Å². The number of rotatable bonds is 14. The van der Waals surface area contributed by atoms with Crippen molar-refractivity contribution in [3.63, 3.8) is 0 Å². The van der Waals surface area contributed by atoms with E-state index in [2.05, 4.69) is 20.0 Å². The van der Waals surface area contributed by atoms with Crippen LogP contribution in [0.4, 0.5) is 10.3 Å². The van der Waals surface area contributed by atoms with Crippen LogP contribution in [0.3, 0.4) is 0 Å². The molecule has 1 aliphatic rings. The maximum atomic E-state index is 16.2. The molecule has 6 N–H and O–H groups in total. The van der Waals surface area contributed by atoms with Gasteiger partial charge >= 0.3 is 13.7 Å². The van der Waals surface area contributed by atoms with Gasteiger partial charge < -0.3 is 29.9 Å². The first kappa shape index (κ1) is 32.5. The van der Waals surface area contributed by atoms with Crippen molar-refractivity contribution >= 4 is 30.8 Å². The summed E-state index contributed by atoms with van der Waals surface area (Å²) in [6, 6.07) is 6.66. The summed E-state index contributed by atoms with van der Waals surface area (Å²) < 4.78 is 53.1. The van der Waals surface area contributed by atoms with Gasteiger partial charge in [-0.15, -0.1) is 0 Å². The Hall–Kier alpha value is -3.40. The zero-order chi connectivity index (χ0) is 31.2. The first-order chi connectivity index (χ1) is 20.4. The van der Waals surface area contributed by atoms with Crippen molar-refractivity contribution in [2.75, 3.05) is 18.9 Å². The van der Waals surface area contributed by atoms with E-state index in [1.54, 1.807) is 18.2 Å². The van der Waals surface area contributed by atoms with Gasteiger partial charge in [-0.05, 0) is 51.7 Å². The lowest BCUT2D eigenvalue weighted by Gasteiger charge is -2.33. The Morgan fingerprint density at radius 1 is 1.28 bits per heavy atom. The van der Waals surface area contributed by atoms with Gasteiger partial charge in [0.25, 0.3) is 11.4 Å². The predicted octanol–water partition coefficient (Wildman–Crippen LogP) is 2.31. The second-order valence-corrected chi connectivity index (χ2v) is 11.9. The number of esters is 1. The van der Waals surface area contributed by atoms with Crippen LogP contribution < -0.4 is 20.9 Å². The van der Waals surface area contributed by atoms with Gasteiger partial charge in [0.2, 0.25) is 5.95 Å². The molecule has 1 aliphatic carbocycles. The SMILES string of the molecule is CC(NP(=O)(OC[C@@](F)(O[C@H](CO)n1cnc2c(=O)[nH]c(N)nc21)[C@H](C)O)Oc1ccccc1)C(=O)OC1CCCCC1. The fourth-order valence-corrected chi connectivity index (χ4v) is 5.94. The number of para-hydroxylation sites is 1. The summed E-state index contributed by atoms with van der Waals surface area (Å²) in [5.74, 6) is -3.98. The number of aromatic amines is 1. The zero-order valence-electron chi connectivity index (χ0n) is 23.7. The minimum atomic E-state index is -4.54. The summed E-state index contributed by atoms with van der Waals surface area (Å²) in [5.41, 5.74) is 4.65. The van der Waals surface area contributed by atoms with Gasteiger partial charge in [-0.25, -0.2) is 13.9 Å². The number of carbonyl (C=O) groups excluding carboxylic acids is 1. The van der Waals surface area contributed by atoms with Crippen molar-refractivity contribution in [1.82, 2.24) is 24.6 Å². The number of nitrogens with two attached hydrogens (primary N) is 1. The van der Waals surface area contributed by atoms with Crippen molar-refractivity contribution in [3.8, 4) is 5.75 Å². The molecule has 3 aromatic rings. The maximum Gasteiger partial charge on any atom is 0.459 e. The van der Waals surface area contributed by atoms with E-state index in [4.69, 9.17) is 24.3 Å². The van der Waals surface area contributed by atoms with Crippen molar-refractivity contribution in [1.29, 1.82) is 0 Å². The highest BCUT2D eigenvalue weighted by Gasteiger charge is 2.44. The number of aliphatic hydroxyl groups excluding tert-OH is 2. The molecule has 0 saturated heterocycles. The van der Waals surface area contributed by atoms with Crippen molar-refractivity contribution < 1.29 is 42.5 Å². The quantitative estimate of drug-likeness (QED) is 0.129. The first-order valence-electron chi connectivity index (χ1n) is 13.8. The van der Waals surface area contributed by atoms with Crippen LogP contribution in [-0.4, -0.2) is 73.0 Å². The number of nitrogens with one attached hydrogen (secondary N) is 2. The van der Waals surface area contributed by atoms with Gasteiger partial charge in [-0.1, -0.05) is 24.6 Å². The first-order valence-corrected chi connectivity index (χ1v) is 15.3. The number of carbonyl (C=O) groups is 1. The second-order valence-electron chi connectivity index (χ2n) is 10.2. The van der Waals surface area contributed by atoms with E-state index in [1.165, 1.54) is 19.1 Å². The molecule has 0 bridgehead atoms. The molecule has 5 atom stereocenters. The number of halogens is 1. The fourth-order valence-electron chi connectivity index (χ4n) is 4.44. The maximum absolute atomic E-state index is 16.2. The number of fused-ring (bicyclic) bond motifs is 1. The number of ether oxygens (including phenoxy) is 2. The summed E-state index contributed by atoms with van der Waals surface area (Å²) >= 11 is 0. The van der Waals surface area contributed by atoms with Gasteiger partial charge in [-0.3, -0.25) is 23.7 Å². The van der Waals surface area contributed by atoms with Crippen LogP contribution >= 0.6 is 7.75 Å². The number of anilines is 1. The lowest BCUT2D eigenvalue weighted by atomic mass is 9.98. The van der Waals surface area contributed by atoms with E-state index in [-0.39, 0.29) is 29.0 Å². The van der Waals surface area contributed by atoms with E-state index in [0.717, 1.165) is 49.9 Å². The molecular formula is C26H36FN6O9P. The van der Waals surface area contributed by atoms with Crippen LogP contribution in [0.2, 0.25) is 0 Å². The Morgan fingerprint density at radius 2 is 1.98 bits per heavy atom. The van der Waals surface area contributed by atoms with Crippen LogP contribution in [0, 0.1) is 0 Å². The molecule has 1 aromatic carbocycles. The summed E-state index contributed by atoms with van der Waals surface area (Å²) in [4.78, 5) is 35.1. The zero-order valence-corrected chi connectivity index (χ0v) is 24.6. The molecule has 236 valence electrons. The number of benzene rings is 1. The van der Waals surface area contributed by atoms with Crippen LogP contribution in [0.1, 0.15) is 52.2 Å². The normalized spacial score (nSPS) is 19.2. The van der Waals surface area contributed by atoms with E-state index in [1.807, 2.05) is 0 Å². The highest BCUT2D eigenvalue weighted by Crippen LogP contribution is 2.46. The molecule has 0 amide bonds. The number of nitrogen functional groups attached to an aromatic ring is 1. The fraction of sp³-hybridized carbons (Fsp3) is 0.538. The monoisotopic (exact) mass is 626 g/mol. The van der Waals surface area contributed by atoms with E-state index < -0.39 is 56.7 Å². The lowest BCUT2D eigenvalue weighted by Crippen LogP contribution is -2.46. The molecular weight excluding hydrogens is 590 g/mol. The molecule has 0 spiro atoms. The number of imidazole rings is 1. The topological polar surface area (TPSA) is 213 Å². The Labute approximate surface area is 246 Å². The smallest absolute Gasteiger partial charge is 0.459 e. The van der Waals surface area contributed by atoms with E-state index in [9.17, 15) is 24.4 Å². The highest BCUT2D eigenvalue weighted by molar-refractivity contribution is 7.52. The molecule has 15 nitrogen and oxygen atoms in total. The van der Waals surface area contributed by atoms with Crippen molar-refractivity contribution in [2.24, 2.45) is 0 Å².